The van der Waals surface area contributed by atoms with E-state index in [4.69, 9.17) is 0 Å². The molecule has 3 aliphatic heterocycles. The fourth-order valence-electron chi connectivity index (χ4n) is 3.64. The normalized spacial score (nSPS) is 27.4. The van der Waals surface area contributed by atoms with E-state index in [0.717, 1.165) is 16.2 Å². The molecule has 2 unspecified atom stereocenters. The minimum Gasteiger partial charge on any atom is -0.380 e. The summed E-state index contributed by atoms with van der Waals surface area (Å²) in [6.07, 6.45) is 6.06. The molecule has 1 saturated heterocycles. The van der Waals surface area contributed by atoms with Crippen molar-refractivity contribution >= 4 is 36.1 Å². The number of amides is 4. The number of hydrogen-bond acceptors (Lipinski definition) is 7. The Morgan fingerprint density at radius 1 is 1.19 bits per heavy atom. The van der Waals surface area contributed by atoms with Gasteiger partial charge >= 0.3 is 6.03 Å². The van der Waals surface area contributed by atoms with Gasteiger partial charge < -0.3 is 20.4 Å². The number of nitrogens with zero attached hydrogens (tertiary/aromatic N) is 5. The summed E-state index contributed by atoms with van der Waals surface area (Å²) in [6.45, 7) is 0.421. The molecule has 0 bridgehead atoms. The van der Waals surface area contributed by atoms with Crippen molar-refractivity contribution in [1.82, 2.24) is 25.3 Å². The summed E-state index contributed by atoms with van der Waals surface area (Å²) in [5, 5.41) is 6.04. The molecule has 0 aliphatic carbocycles. The average molecular weight is 421 g/mol. The molecule has 2 N–H and O–H groups in total. The Balaban J connectivity index is 1.44. The van der Waals surface area contributed by atoms with Crippen LogP contribution in [0.1, 0.15) is 5.56 Å². The maximum atomic E-state index is 12.7. The van der Waals surface area contributed by atoms with E-state index in [0.29, 0.717) is 12.4 Å². The van der Waals surface area contributed by atoms with Crippen LogP contribution in [0.4, 0.5) is 4.79 Å². The van der Waals surface area contributed by atoms with Gasteiger partial charge in [-0.15, -0.1) is 0 Å². The third-order valence-electron chi connectivity index (χ3n) is 5.28. The molecule has 10 heteroatoms. The highest BCUT2D eigenvalue weighted by molar-refractivity contribution is 6.02. The van der Waals surface area contributed by atoms with Gasteiger partial charge in [0.1, 0.15) is 5.82 Å². The molecule has 0 radical (unpaired) electrons. The van der Waals surface area contributed by atoms with Crippen LogP contribution in [0, 0.1) is 0 Å². The van der Waals surface area contributed by atoms with E-state index in [9.17, 15) is 14.4 Å². The number of aliphatic imine (C=N–C) groups is 2. The van der Waals surface area contributed by atoms with Gasteiger partial charge in [0, 0.05) is 26.0 Å². The van der Waals surface area contributed by atoms with Crippen LogP contribution in [0.5, 0.6) is 0 Å². The summed E-state index contributed by atoms with van der Waals surface area (Å²) in [4.78, 5) is 49.8. The fraction of sp³-hybridized carbons (Fsp3) is 0.286. The van der Waals surface area contributed by atoms with Crippen molar-refractivity contribution < 1.29 is 14.4 Å². The van der Waals surface area contributed by atoms with Gasteiger partial charge in [-0.25, -0.2) is 14.8 Å². The predicted molar refractivity (Wildman–Crippen MR) is 116 cm³/mol. The Labute approximate surface area is 179 Å². The first-order valence-electron chi connectivity index (χ1n) is 9.83. The second-order valence-corrected chi connectivity index (χ2v) is 7.33. The van der Waals surface area contributed by atoms with E-state index in [1.165, 1.54) is 18.3 Å². The Morgan fingerprint density at radius 2 is 1.97 bits per heavy atom. The van der Waals surface area contributed by atoms with Crippen LogP contribution in [0.15, 0.2) is 58.3 Å². The van der Waals surface area contributed by atoms with Gasteiger partial charge in [-0.1, -0.05) is 30.3 Å². The van der Waals surface area contributed by atoms with Crippen LogP contribution in [-0.4, -0.2) is 84.5 Å². The second kappa shape index (κ2) is 8.42. The summed E-state index contributed by atoms with van der Waals surface area (Å²) >= 11 is 0. The third kappa shape index (κ3) is 4.04. The van der Waals surface area contributed by atoms with Crippen LogP contribution in [0.25, 0.3) is 5.70 Å². The molecule has 2 atom stereocenters. The van der Waals surface area contributed by atoms with Gasteiger partial charge in [-0.2, -0.15) is 0 Å². The van der Waals surface area contributed by atoms with Crippen LogP contribution in [0.2, 0.25) is 0 Å². The molecule has 10 nitrogen and oxygen atoms in total. The zero-order valence-corrected chi connectivity index (χ0v) is 17.2. The molecule has 0 aromatic heterocycles. The molecule has 4 rings (SSSR count). The zero-order chi connectivity index (χ0) is 22.0. The van der Waals surface area contributed by atoms with E-state index in [1.54, 1.807) is 24.2 Å². The lowest BCUT2D eigenvalue weighted by Gasteiger charge is -2.39. The minimum atomic E-state index is -0.720. The molecular weight excluding hydrogens is 398 g/mol. The van der Waals surface area contributed by atoms with Gasteiger partial charge in [0.15, 0.2) is 12.2 Å². The highest BCUT2D eigenvalue weighted by Crippen LogP contribution is 2.24. The van der Waals surface area contributed by atoms with Crippen molar-refractivity contribution in [2.75, 3.05) is 27.2 Å². The molecule has 0 spiro atoms. The molecule has 1 fully saturated rings. The lowest BCUT2D eigenvalue weighted by molar-refractivity contribution is -0.136. The van der Waals surface area contributed by atoms with E-state index in [2.05, 4.69) is 20.6 Å². The van der Waals surface area contributed by atoms with Crippen molar-refractivity contribution in [3.8, 4) is 0 Å². The van der Waals surface area contributed by atoms with Crippen molar-refractivity contribution in [3.63, 3.8) is 0 Å². The smallest absolute Gasteiger partial charge is 0.328 e. The molecule has 0 saturated carbocycles. The molecule has 3 aliphatic rings. The van der Waals surface area contributed by atoms with Gasteiger partial charge in [0.25, 0.3) is 5.91 Å². The van der Waals surface area contributed by atoms with Gasteiger partial charge in [-0.3, -0.25) is 14.5 Å². The lowest BCUT2D eigenvalue weighted by atomic mass is 10.1. The van der Waals surface area contributed by atoms with E-state index in [1.807, 2.05) is 36.4 Å². The average Bonchev–Trinajstić information content (AvgIpc) is 3.17. The number of benzene rings is 1. The Bertz CT molecular complexity index is 1020. The quantitative estimate of drug-likeness (QED) is 0.723. The standard InChI is InChI=1S/C21H23N7O3/c1-26-19-18(20(30)27(2)21(26)31)28(13-24-19)12-17(29)25-16-9-8-15(22-10-11-23-16)14-6-4-3-5-7-14/h3-9,11,13,18-19,22H,10,12H2,1-2H3,(H,25,29)/b15-8-,16-9+,23-11+. The van der Waals surface area contributed by atoms with Gasteiger partial charge in [0.05, 0.1) is 19.4 Å². The zero-order valence-electron chi connectivity index (χ0n) is 17.2. The third-order valence-corrected chi connectivity index (χ3v) is 5.28. The van der Waals surface area contributed by atoms with Crippen LogP contribution in [0.3, 0.4) is 0 Å². The highest BCUT2D eigenvalue weighted by Gasteiger charge is 2.48. The van der Waals surface area contributed by atoms with E-state index in [-0.39, 0.29) is 18.4 Å². The van der Waals surface area contributed by atoms with Gasteiger partial charge in [-0.05, 0) is 17.7 Å². The number of nitrogens with one attached hydrogen (secondary N) is 2. The minimum absolute atomic E-state index is 0.0906. The second-order valence-electron chi connectivity index (χ2n) is 7.33. The number of urea groups is 1. The number of carbonyl (C=O) groups is 3. The van der Waals surface area contributed by atoms with Crippen LogP contribution < -0.4 is 10.6 Å². The summed E-state index contributed by atoms with van der Waals surface area (Å²) in [5.41, 5.74) is 1.94. The molecule has 1 aromatic carbocycles. The predicted octanol–water partition coefficient (Wildman–Crippen LogP) is 0.222. The Hall–Kier alpha value is -3.95. The van der Waals surface area contributed by atoms with Crippen molar-refractivity contribution in [3.05, 3.63) is 53.9 Å². The number of likely N-dealkylation sites (N-methyl/N-ethyl adjacent to an activating group) is 2. The van der Waals surface area contributed by atoms with Crippen LogP contribution >= 0.6 is 0 Å². The summed E-state index contributed by atoms with van der Waals surface area (Å²) in [5.74, 6) is -0.330. The van der Waals surface area contributed by atoms with Crippen molar-refractivity contribution in [1.29, 1.82) is 0 Å². The summed E-state index contributed by atoms with van der Waals surface area (Å²) in [7, 11) is 3.01. The molecular formula is C21H23N7O3. The van der Waals surface area contributed by atoms with Crippen LogP contribution in [-0.2, 0) is 9.59 Å². The molecule has 3 heterocycles. The SMILES string of the molecule is CN1C(=O)C2C(N=CN2CC(=O)NC2=C/C=C(/c3ccccc3)NC\C=N\2)N(C)C1=O. The maximum absolute atomic E-state index is 12.7. The lowest BCUT2D eigenvalue weighted by Crippen LogP contribution is -2.64. The first-order valence-corrected chi connectivity index (χ1v) is 9.83. The topological polar surface area (TPSA) is 110 Å². The molecule has 1 aromatic rings. The van der Waals surface area contributed by atoms with E-state index < -0.39 is 18.2 Å². The number of fused-ring (bicyclic) bond motifs is 1. The summed E-state index contributed by atoms with van der Waals surface area (Å²) < 4.78 is 0. The first kappa shape index (κ1) is 20.3. The Morgan fingerprint density at radius 3 is 2.74 bits per heavy atom. The number of allylic oxidation sites excluding steroid dienone is 2. The monoisotopic (exact) mass is 421 g/mol. The first-order chi connectivity index (χ1) is 15.0. The van der Waals surface area contributed by atoms with Crippen molar-refractivity contribution in [2.45, 2.75) is 12.2 Å². The number of rotatable bonds is 4. The fourth-order valence-corrected chi connectivity index (χ4v) is 3.64. The number of carbonyl (C=O) groups excluding carboxylic acids is 3. The van der Waals surface area contributed by atoms with Gasteiger partial charge in [0.2, 0.25) is 5.91 Å². The van der Waals surface area contributed by atoms with E-state index >= 15 is 0 Å². The molecule has 31 heavy (non-hydrogen) atoms. The Kier molecular flexibility index (Phi) is 5.52. The largest absolute Gasteiger partial charge is 0.380 e. The molecule has 160 valence electrons. The number of hydrogen-bond donors (Lipinski definition) is 2. The maximum Gasteiger partial charge on any atom is 0.328 e. The summed E-state index contributed by atoms with van der Waals surface area (Å²) in [6, 6.07) is 8.71. The number of imide groups is 1. The molecule has 4 amide bonds. The highest BCUT2D eigenvalue weighted by atomic mass is 16.2. The van der Waals surface area contributed by atoms with Crippen molar-refractivity contribution in [2.24, 2.45) is 9.98 Å².